The molecule has 1 heterocycles. The van der Waals surface area contributed by atoms with E-state index in [9.17, 15) is 4.79 Å². The quantitative estimate of drug-likeness (QED) is 0.644. The van der Waals surface area contributed by atoms with Crippen LogP contribution in [0.2, 0.25) is 0 Å². The third-order valence-corrected chi connectivity index (χ3v) is 3.85. The number of allylic oxidation sites excluding steroid dienone is 1. The number of benzene rings is 1. The molecule has 24 heavy (non-hydrogen) atoms. The normalized spacial score (nSPS) is 15.3. The lowest BCUT2D eigenvalue weighted by Crippen LogP contribution is -2.17. The van der Waals surface area contributed by atoms with Gasteiger partial charge in [-0.1, -0.05) is 0 Å². The number of carbonyl (C=O) groups excluding carboxylic acids is 1. The summed E-state index contributed by atoms with van der Waals surface area (Å²) in [6, 6.07) is 10.8. The molecule has 5 heteroatoms. The number of hydrogen-bond donors (Lipinski definition) is 1. The van der Waals surface area contributed by atoms with Crippen molar-refractivity contribution in [2.45, 2.75) is 31.8 Å². The minimum absolute atomic E-state index is 0.259. The zero-order valence-electron chi connectivity index (χ0n) is 13.4. The van der Waals surface area contributed by atoms with Crippen LogP contribution in [-0.4, -0.2) is 18.2 Å². The molecule has 1 aliphatic carbocycles. The molecule has 0 atom stereocenters. The highest BCUT2D eigenvalue weighted by Gasteiger charge is 2.16. The van der Waals surface area contributed by atoms with Crippen molar-refractivity contribution in [1.82, 2.24) is 5.43 Å². The Labute approximate surface area is 141 Å². The second kappa shape index (κ2) is 8.15. The van der Waals surface area contributed by atoms with Gasteiger partial charge in [0.1, 0.15) is 11.5 Å². The molecule has 1 aromatic heterocycles. The van der Waals surface area contributed by atoms with Crippen LogP contribution >= 0.6 is 0 Å². The summed E-state index contributed by atoms with van der Waals surface area (Å²) in [5.41, 5.74) is 3.02. The third-order valence-electron chi connectivity index (χ3n) is 3.85. The Balaban J connectivity index is 1.47. The minimum atomic E-state index is -0.259. The maximum atomic E-state index is 12.0. The summed E-state index contributed by atoms with van der Waals surface area (Å²) >= 11 is 0. The second-order valence-corrected chi connectivity index (χ2v) is 5.64. The first kappa shape index (κ1) is 16.1. The van der Waals surface area contributed by atoms with Crippen molar-refractivity contribution >= 4 is 18.2 Å². The highest BCUT2D eigenvalue weighted by Crippen LogP contribution is 2.24. The fraction of sp³-hybridized carbons (Fsp3) is 0.263. The molecule has 5 nitrogen and oxygen atoms in total. The second-order valence-electron chi connectivity index (χ2n) is 5.64. The third kappa shape index (κ3) is 4.59. The van der Waals surface area contributed by atoms with Gasteiger partial charge in [0.25, 0.3) is 5.91 Å². The van der Waals surface area contributed by atoms with Crippen molar-refractivity contribution in [2.24, 2.45) is 5.10 Å². The predicted octanol–water partition coefficient (Wildman–Crippen LogP) is 4.03. The van der Waals surface area contributed by atoms with Crippen LogP contribution in [-0.2, 0) is 0 Å². The van der Waals surface area contributed by atoms with Crippen molar-refractivity contribution in [3.05, 3.63) is 60.1 Å². The Morgan fingerprint density at radius 1 is 1.21 bits per heavy atom. The molecule has 1 N–H and O–H groups in total. The Morgan fingerprint density at radius 2 is 2.00 bits per heavy atom. The van der Waals surface area contributed by atoms with Crippen LogP contribution in [0.4, 0.5) is 0 Å². The van der Waals surface area contributed by atoms with E-state index in [1.165, 1.54) is 19.1 Å². The first-order valence-corrected chi connectivity index (χ1v) is 8.11. The average molecular weight is 324 g/mol. The molecule has 124 valence electrons. The molecular weight excluding hydrogens is 304 g/mol. The Kier molecular flexibility index (Phi) is 5.45. The number of ether oxygens (including phenoxy) is 1. The molecule has 0 spiro atoms. The SMILES string of the molecule is O=C(NN=C/C=C\c1ccco1)c1ccc(OC2CCCC2)cc1. The van der Waals surface area contributed by atoms with Gasteiger partial charge in [-0.15, -0.1) is 0 Å². The maximum absolute atomic E-state index is 12.0. The number of rotatable bonds is 6. The van der Waals surface area contributed by atoms with E-state index >= 15 is 0 Å². The van der Waals surface area contributed by atoms with Crippen molar-refractivity contribution in [1.29, 1.82) is 0 Å². The van der Waals surface area contributed by atoms with E-state index in [4.69, 9.17) is 9.15 Å². The number of nitrogens with zero attached hydrogens (tertiary/aromatic N) is 1. The first-order valence-electron chi connectivity index (χ1n) is 8.11. The van der Waals surface area contributed by atoms with Gasteiger partial charge < -0.3 is 9.15 Å². The van der Waals surface area contributed by atoms with Gasteiger partial charge in [0.05, 0.1) is 12.4 Å². The van der Waals surface area contributed by atoms with E-state index in [0.29, 0.717) is 11.7 Å². The smallest absolute Gasteiger partial charge is 0.271 e. The molecule has 0 unspecified atom stereocenters. The monoisotopic (exact) mass is 324 g/mol. The topological polar surface area (TPSA) is 63.8 Å². The molecule has 1 saturated carbocycles. The van der Waals surface area contributed by atoms with Gasteiger partial charge in [-0.3, -0.25) is 4.79 Å². The lowest BCUT2D eigenvalue weighted by atomic mass is 10.2. The highest BCUT2D eigenvalue weighted by atomic mass is 16.5. The summed E-state index contributed by atoms with van der Waals surface area (Å²) < 4.78 is 11.0. The number of amides is 1. The van der Waals surface area contributed by atoms with Crippen molar-refractivity contribution < 1.29 is 13.9 Å². The van der Waals surface area contributed by atoms with Crippen molar-refractivity contribution in [3.8, 4) is 5.75 Å². The van der Waals surface area contributed by atoms with Gasteiger partial charge in [-0.25, -0.2) is 5.43 Å². The number of hydrazone groups is 1. The Morgan fingerprint density at radius 3 is 2.71 bits per heavy atom. The van der Waals surface area contributed by atoms with E-state index in [2.05, 4.69) is 10.5 Å². The van der Waals surface area contributed by atoms with E-state index < -0.39 is 0 Å². The summed E-state index contributed by atoms with van der Waals surface area (Å²) in [6.07, 6.45) is 11.6. The zero-order chi connectivity index (χ0) is 16.6. The molecule has 1 fully saturated rings. The predicted molar refractivity (Wildman–Crippen MR) is 93.0 cm³/mol. The number of nitrogens with one attached hydrogen (secondary N) is 1. The van der Waals surface area contributed by atoms with E-state index in [1.807, 2.05) is 18.2 Å². The van der Waals surface area contributed by atoms with Crippen LogP contribution in [0.15, 0.2) is 58.3 Å². The highest BCUT2D eigenvalue weighted by molar-refractivity contribution is 5.94. The summed E-state index contributed by atoms with van der Waals surface area (Å²) in [5.74, 6) is 1.28. The molecular formula is C19H20N2O3. The average Bonchev–Trinajstić information content (AvgIpc) is 3.29. The van der Waals surface area contributed by atoms with E-state index in [-0.39, 0.29) is 5.91 Å². The molecule has 1 aliphatic rings. The molecule has 1 amide bonds. The maximum Gasteiger partial charge on any atom is 0.271 e. The Bertz CT molecular complexity index is 697. The minimum Gasteiger partial charge on any atom is -0.490 e. The molecule has 0 radical (unpaired) electrons. The first-order chi connectivity index (χ1) is 11.8. The van der Waals surface area contributed by atoms with Crippen LogP contribution < -0.4 is 10.2 Å². The van der Waals surface area contributed by atoms with Gasteiger partial charge in [-0.2, -0.15) is 5.10 Å². The van der Waals surface area contributed by atoms with E-state index in [0.717, 1.165) is 24.4 Å². The number of carbonyl (C=O) groups is 1. The lowest BCUT2D eigenvalue weighted by Gasteiger charge is -2.12. The lowest BCUT2D eigenvalue weighted by molar-refractivity contribution is 0.0955. The van der Waals surface area contributed by atoms with Gasteiger partial charge in [0.2, 0.25) is 0 Å². The summed E-state index contributed by atoms with van der Waals surface area (Å²) in [5, 5.41) is 3.87. The zero-order valence-corrected chi connectivity index (χ0v) is 13.4. The number of hydrogen-bond acceptors (Lipinski definition) is 4. The fourth-order valence-electron chi connectivity index (χ4n) is 2.61. The van der Waals surface area contributed by atoms with Gasteiger partial charge in [0, 0.05) is 11.8 Å². The van der Waals surface area contributed by atoms with Crippen LogP contribution in [0, 0.1) is 0 Å². The van der Waals surface area contributed by atoms with Crippen LogP contribution in [0.1, 0.15) is 41.8 Å². The molecule has 3 rings (SSSR count). The van der Waals surface area contributed by atoms with Gasteiger partial charge in [0.15, 0.2) is 0 Å². The summed E-state index contributed by atoms with van der Waals surface area (Å²) in [4.78, 5) is 12.0. The molecule has 0 bridgehead atoms. The Hall–Kier alpha value is -2.82. The largest absolute Gasteiger partial charge is 0.490 e. The number of furan rings is 1. The van der Waals surface area contributed by atoms with E-state index in [1.54, 1.807) is 36.6 Å². The molecule has 2 aromatic rings. The summed E-state index contributed by atoms with van der Waals surface area (Å²) in [7, 11) is 0. The standard InChI is InChI=1S/C19H20N2O3/c22-19(21-20-13-3-7-16-8-4-14-23-16)15-9-11-18(12-10-15)24-17-5-1-2-6-17/h3-4,7-14,17H,1-2,5-6H2,(H,21,22)/b7-3-,20-13?. The van der Waals surface area contributed by atoms with Gasteiger partial charge in [-0.05, 0) is 74.2 Å². The van der Waals surface area contributed by atoms with Crippen molar-refractivity contribution in [2.75, 3.05) is 0 Å². The van der Waals surface area contributed by atoms with Crippen LogP contribution in [0.5, 0.6) is 5.75 Å². The summed E-state index contributed by atoms with van der Waals surface area (Å²) in [6.45, 7) is 0. The van der Waals surface area contributed by atoms with Gasteiger partial charge >= 0.3 is 0 Å². The molecule has 0 saturated heterocycles. The molecule has 0 aliphatic heterocycles. The van der Waals surface area contributed by atoms with Crippen LogP contribution in [0.25, 0.3) is 6.08 Å². The van der Waals surface area contributed by atoms with Crippen LogP contribution in [0.3, 0.4) is 0 Å². The fourth-order valence-corrected chi connectivity index (χ4v) is 2.61. The molecule has 1 aromatic carbocycles. The van der Waals surface area contributed by atoms with Crippen molar-refractivity contribution in [3.63, 3.8) is 0 Å².